The maximum Gasteiger partial charge on any atom is 0.191 e. The van der Waals surface area contributed by atoms with E-state index >= 15 is 0 Å². The number of halogens is 1. The van der Waals surface area contributed by atoms with Crippen molar-refractivity contribution in [3.05, 3.63) is 16.1 Å². The lowest BCUT2D eigenvalue weighted by Gasteiger charge is -2.23. The number of guanidine groups is 1. The third-order valence-electron chi connectivity index (χ3n) is 2.75. The normalized spacial score (nSPS) is 12.8. The molecule has 128 valence electrons. The quantitative estimate of drug-likeness (QED) is 0.425. The predicted octanol–water partition coefficient (Wildman–Crippen LogP) is 3.95. The van der Waals surface area contributed by atoms with Gasteiger partial charge in [-0.3, -0.25) is 4.99 Å². The second-order valence-electron chi connectivity index (χ2n) is 7.26. The maximum atomic E-state index is 4.71. The van der Waals surface area contributed by atoms with Crippen molar-refractivity contribution < 1.29 is 0 Å². The summed E-state index contributed by atoms with van der Waals surface area (Å²) in [4.78, 5) is 9.33. The van der Waals surface area contributed by atoms with Crippen LogP contribution in [0.5, 0.6) is 0 Å². The highest BCUT2D eigenvalue weighted by Gasteiger charge is 2.17. The molecule has 1 aromatic rings. The first-order valence-corrected chi connectivity index (χ1v) is 8.51. The van der Waals surface area contributed by atoms with E-state index in [1.807, 2.05) is 0 Å². The Balaban J connectivity index is 0.00000441. The van der Waals surface area contributed by atoms with Crippen molar-refractivity contribution in [1.29, 1.82) is 0 Å². The van der Waals surface area contributed by atoms with Crippen molar-refractivity contribution >= 4 is 41.3 Å². The topological polar surface area (TPSA) is 49.3 Å². The first kappa shape index (κ1) is 21.6. The van der Waals surface area contributed by atoms with Crippen LogP contribution in [-0.2, 0) is 11.8 Å². The molecule has 0 aliphatic rings. The Morgan fingerprint density at radius 2 is 1.86 bits per heavy atom. The first-order valence-electron chi connectivity index (χ1n) is 7.63. The van der Waals surface area contributed by atoms with Crippen molar-refractivity contribution in [2.24, 2.45) is 4.99 Å². The summed E-state index contributed by atoms with van der Waals surface area (Å²) >= 11 is 1.73. The Hall–Kier alpha value is -0.370. The fraction of sp³-hybridized carbons (Fsp3) is 0.750. The number of aromatic nitrogens is 1. The van der Waals surface area contributed by atoms with Crippen LogP contribution in [0.4, 0.5) is 0 Å². The molecule has 4 nitrogen and oxygen atoms in total. The predicted molar refractivity (Wildman–Crippen MR) is 109 cm³/mol. The molecule has 0 aliphatic carbocycles. The molecule has 0 amide bonds. The van der Waals surface area contributed by atoms with Crippen molar-refractivity contribution in [2.45, 2.75) is 65.8 Å². The Morgan fingerprint density at radius 3 is 2.32 bits per heavy atom. The Bertz CT molecular complexity index is 469. The first-order chi connectivity index (χ1) is 9.62. The summed E-state index contributed by atoms with van der Waals surface area (Å²) in [6.45, 7) is 16.7. The molecule has 2 N–H and O–H groups in total. The van der Waals surface area contributed by atoms with E-state index in [2.05, 4.69) is 69.5 Å². The minimum Gasteiger partial charge on any atom is -0.357 e. The van der Waals surface area contributed by atoms with Crippen molar-refractivity contribution in [3.63, 3.8) is 0 Å². The molecule has 6 heteroatoms. The van der Waals surface area contributed by atoms with Gasteiger partial charge in [0.15, 0.2) is 5.96 Å². The Morgan fingerprint density at radius 1 is 1.23 bits per heavy atom. The number of hydrogen-bond donors (Lipinski definition) is 2. The van der Waals surface area contributed by atoms with Gasteiger partial charge in [0.1, 0.15) is 0 Å². The largest absolute Gasteiger partial charge is 0.357 e. The third kappa shape index (κ3) is 8.31. The van der Waals surface area contributed by atoms with E-state index in [0.717, 1.165) is 30.5 Å². The molecule has 0 aliphatic heterocycles. The standard InChI is InChI=1S/C16H30N4S.HI/c1-8-17-14(20-16(5,6)7)18-10-9-13-19-12(11-21-13)15(2,3)4;/h11H,8-10H2,1-7H3,(H2,17,18,20);1H. The van der Waals surface area contributed by atoms with E-state index in [9.17, 15) is 0 Å². The summed E-state index contributed by atoms with van der Waals surface area (Å²) in [5.74, 6) is 0.873. The molecule has 0 atom stereocenters. The molecule has 0 saturated heterocycles. The summed E-state index contributed by atoms with van der Waals surface area (Å²) in [5.41, 5.74) is 1.31. The molecule has 0 bridgehead atoms. The number of rotatable bonds is 4. The molecule has 1 rings (SSSR count). The Labute approximate surface area is 156 Å². The molecule has 22 heavy (non-hydrogen) atoms. The molecule has 1 aromatic heterocycles. The lowest BCUT2D eigenvalue weighted by Crippen LogP contribution is -2.47. The van der Waals surface area contributed by atoms with E-state index < -0.39 is 0 Å². The minimum atomic E-state index is 0. The van der Waals surface area contributed by atoms with Gasteiger partial charge in [-0.15, -0.1) is 35.3 Å². The van der Waals surface area contributed by atoms with Crippen LogP contribution in [0.25, 0.3) is 0 Å². The van der Waals surface area contributed by atoms with Crippen molar-refractivity contribution in [2.75, 3.05) is 13.1 Å². The minimum absolute atomic E-state index is 0. The molecule has 0 fully saturated rings. The average Bonchev–Trinajstić information content (AvgIpc) is 2.75. The number of aliphatic imine (C=N–C) groups is 1. The molecule has 0 saturated carbocycles. The van der Waals surface area contributed by atoms with Gasteiger partial charge in [-0.05, 0) is 27.7 Å². The number of nitrogens with one attached hydrogen (secondary N) is 2. The molecule has 0 aromatic carbocycles. The second kappa shape index (κ2) is 9.05. The van der Waals surface area contributed by atoms with Crippen LogP contribution < -0.4 is 10.6 Å². The maximum absolute atomic E-state index is 4.71. The SMILES string of the molecule is CCNC(=NCCc1nc(C(C)(C)C)cs1)NC(C)(C)C.I. The third-order valence-corrected chi connectivity index (χ3v) is 3.66. The average molecular weight is 438 g/mol. The fourth-order valence-corrected chi connectivity index (χ4v) is 2.71. The second-order valence-corrected chi connectivity index (χ2v) is 8.20. The van der Waals surface area contributed by atoms with Gasteiger partial charge < -0.3 is 10.6 Å². The monoisotopic (exact) mass is 438 g/mol. The molecule has 0 radical (unpaired) electrons. The van der Waals surface area contributed by atoms with Crippen molar-refractivity contribution in [1.82, 2.24) is 15.6 Å². The van der Waals surface area contributed by atoms with Gasteiger partial charge in [0.2, 0.25) is 0 Å². The van der Waals surface area contributed by atoms with Crippen LogP contribution >= 0.6 is 35.3 Å². The van der Waals surface area contributed by atoms with E-state index in [0.29, 0.717) is 0 Å². The smallest absolute Gasteiger partial charge is 0.191 e. The lowest BCUT2D eigenvalue weighted by molar-refractivity contribution is 0.501. The van der Waals surface area contributed by atoms with Gasteiger partial charge in [0.05, 0.1) is 10.7 Å². The zero-order valence-electron chi connectivity index (χ0n) is 14.9. The van der Waals surface area contributed by atoms with Gasteiger partial charge in [-0.1, -0.05) is 20.8 Å². The zero-order chi connectivity index (χ0) is 16.1. The van der Waals surface area contributed by atoms with Crippen LogP contribution in [0.3, 0.4) is 0 Å². The van der Waals surface area contributed by atoms with E-state index in [4.69, 9.17) is 4.98 Å². The highest BCUT2D eigenvalue weighted by molar-refractivity contribution is 14.0. The van der Waals surface area contributed by atoms with Gasteiger partial charge >= 0.3 is 0 Å². The van der Waals surface area contributed by atoms with Crippen LogP contribution in [0.15, 0.2) is 10.4 Å². The highest BCUT2D eigenvalue weighted by atomic mass is 127. The Kier molecular flexibility index (Phi) is 8.90. The fourth-order valence-electron chi connectivity index (χ4n) is 1.70. The number of nitrogens with zero attached hydrogens (tertiary/aromatic N) is 2. The summed E-state index contributed by atoms with van der Waals surface area (Å²) in [6, 6.07) is 0. The van der Waals surface area contributed by atoms with Gasteiger partial charge in [0.25, 0.3) is 0 Å². The zero-order valence-corrected chi connectivity index (χ0v) is 18.1. The molecular weight excluding hydrogens is 407 g/mol. The van der Waals surface area contributed by atoms with Crippen LogP contribution in [0.1, 0.15) is 59.2 Å². The van der Waals surface area contributed by atoms with E-state index in [1.54, 1.807) is 11.3 Å². The molecule has 1 heterocycles. The molecular formula is C16H31IN4S. The summed E-state index contributed by atoms with van der Waals surface area (Å²) in [5, 5.41) is 10.00. The summed E-state index contributed by atoms with van der Waals surface area (Å²) < 4.78 is 0. The molecule has 0 spiro atoms. The van der Waals surface area contributed by atoms with E-state index in [-0.39, 0.29) is 34.9 Å². The van der Waals surface area contributed by atoms with Gasteiger partial charge in [-0.2, -0.15) is 0 Å². The van der Waals surface area contributed by atoms with Crippen LogP contribution in [0, 0.1) is 0 Å². The van der Waals surface area contributed by atoms with Crippen LogP contribution in [-0.4, -0.2) is 29.6 Å². The highest BCUT2D eigenvalue weighted by Crippen LogP contribution is 2.23. The lowest BCUT2D eigenvalue weighted by atomic mass is 9.93. The summed E-state index contributed by atoms with van der Waals surface area (Å²) in [6.07, 6.45) is 0.890. The van der Waals surface area contributed by atoms with E-state index in [1.165, 1.54) is 5.69 Å². The van der Waals surface area contributed by atoms with Gasteiger partial charge in [0, 0.05) is 35.8 Å². The van der Waals surface area contributed by atoms with Crippen LogP contribution in [0.2, 0.25) is 0 Å². The van der Waals surface area contributed by atoms with Crippen molar-refractivity contribution in [3.8, 4) is 0 Å². The van der Waals surface area contributed by atoms with Gasteiger partial charge in [-0.25, -0.2) is 4.98 Å². The number of thiazole rings is 1. The molecule has 0 unspecified atom stereocenters. The number of hydrogen-bond acceptors (Lipinski definition) is 3. The summed E-state index contributed by atoms with van der Waals surface area (Å²) in [7, 11) is 0.